The van der Waals surface area contributed by atoms with Crippen molar-refractivity contribution in [2.45, 2.75) is 38.8 Å². The summed E-state index contributed by atoms with van der Waals surface area (Å²) in [6.45, 7) is 3.94. The van der Waals surface area contributed by atoms with Crippen molar-refractivity contribution in [3.05, 3.63) is 34.4 Å². The van der Waals surface area contributed by atoms with Gasteiger partial charge in [0, 0.05) is 17.8 Å². The van der Waals surface area contributed by atoms with E-state index in [4.69, 9.17) is 4.74 Å². The number of carbonyl (C=O) groups excluding carboxylic acids is 4. The average molecular weight is 392 g/mol. The molecule has 2 N–H and O–H groups in total. The first-order valence-electron chi connectivity index (χ1n) is 8.46. The number of amides is 4. The highest BCUT2D eigenvalue weighted by atomic mass is 16.6. The van der Waals surface area contributed by atoms with Crippen LogP contribution in [0.15, 0.2) is 24.3 Å². The van der Waals surface area contributed by atoms with E-state index in [1.807, 2.05) is 0 Å². The summed E-state index contributed by atoms with van der Waals surface area (Å²) in [4.78, 5) is 59.2. The number of nitrogens with one attached hydrogen (secondary N) is 2. The number of nitro benzene ring substituents is 1. The third-order valence-corrected chi connectivity index (χ3v) is 4.34. The van der Waals surface area contributed by atoms with Crippen LogP contribution in [-0.4, -0.2) is 51.8 Å². The Morgan fingerprint density at radius 3 is 2.64 bits per heavy atom. The molecule has 1 saturated heterocycles. The Morgan fingerprint density at radius 1 is 1.39 bits per heavy atom. The van der Waals surface area contributed by atoms with Crippen molar-refractivity contribution in [1.82, 2.24) is 10.2 Å². The largest absolute Gasteiger partial charge is 0.451 e. The minimum atomic E-state index is -1.25. The molecule has 2 unspecified atom stereocenters. The quantitative estimate of drug-likeness (QED) is 0.306. The first-order chi connectivity index (χ1) is 13.1. The van der Waals surface area contributed by atoms with E-state index in [0.29, 0.717) is 6.42 Å². The Hall–Kier alpha value is -3.50. The van der Waals surface area contributed by atoms with E-state index in [0.717, 1.165) is 11.0 Å². The molecule has 0 radical (unpaired) electrons. The van der Waals surface area contributed by atoms with Gasteiger partial charge in [0.2, 0.25) is 0 Å². The van der Waals surface area contributed by atoms with E-state index < -0.39 is 46.9 Å². The number of carbonyl (C=O) groups is 4. The molecule has 150 valence electrons. The van der Waals surface area contributed by atoms with Gasteiger partial charge in [-0.05, 0) is 26.3 Å². The number of nitrogens with zero attached hydrogens (tertiary/aromatic N) is 2. The van der Waals surface area contributed by atoms with Crippen molar-refractivity contribution < 1.29 is 28.8 Å². The molecular formula is C17H20N4O7. The molecule has 1 aromatic rings. The van der Waals surface area contributed by atoms with E-state index in [9.17, 15) is 29.3 Å². The van der Waals surface area contributed by atoms with Crippen molar-refractivity contribution in [2.24, 2.45) is 0 Å². The fourth-order valence-corrected chi connectivity index (χ4v) is 2.49. The average Bonchev–Trinajstić information content (AvgIpc) is 2.85. The normalized spacial score (nSPS) is 19.8. The summed E-state index contributed by atoms with van der Waals surface area (Å²) >= 11 is 0. The zero-order valence-corrected chi connectivity index (χ0v) is 15.6. The standard InChI is InChI=1S/C17H20N4O7/c1-4-17(3)15(24)20(16(25)19-17)9-13(22)28-10(2)14(23)18-11-6-5-7-12(8-11)21(26)27/h5-8,10H,4,9H2,1-3H3,(H,18,23)(H,19,25). The van der Waals surface area contributed by atoms with Gasteiger partial charge < -0.3 is 15.4 Å². The van der Waals surface area contributed by atoms with Crippen LogP contribution in [0.1, 0.15) is 27.2 Å². The molecule has 2 atom stereocenters. The zero-order valence-electron chi connectivity index (χ0n) is 15.6. The summed E-state index contributed by atoms with van der Waals surface area (Å²) in [6, 6.07) is 4.55. The van der Waals surface area contributed by atoms with Crippen LogP contribution in [-0.2, 0) is 19.1 Å². The van der Waals surface area contributed by atoms with Gasteiger partial charge >= 0.3 is 12.0 Å². The summed E-state index contributed by atoms with van der Waals surface area (Å²) in [5.41, 5.74) is -1.13. The Labute approximate surface area is 160 Å². The van der Waals surface area contributed by atoms with Crippen LogP contribution in [0.25, 0.3) is 0 Å². The second-order valence-corrected chi connectivity index (χ2v) is 6.44. The van der Waals surface area contributed by atoms with E-state index in [-0.39, 0.29) is 11.4 Å². The van der Waals surface area contributed by atoms with Crippen LogP contribution in [0.3, 0.4) is 0 Å². The molecule has 28 heavy (non-hydrogen) atoms. The zero-order chi connectivity index (χ0) is 21.1. The van der Waals surface area contributed by atoms with Crippen molar-refractivity contribution in [2.75, 3.05) is 11.9 Å². The molecule has 1 fully saturated rings. The molecule has 0 spiro atoms. The van der Waals surface area contributed by atoms with Gasteiger partial charge in [0.15, 0.2) is 6.10 Å². The third kappa shape index (κ3) is 4.42. The third-order valence-electron chi connectivity index (χ3n) is 4.34. The molecule has 0 aromatic heterocycles. The molecule has 1 aromatic carbocycles. The highest BCUT2D eigenvalue weighted by Crippen LogP contribution is 2.21. The van der Waals surface area contributed by atoms with Gasteiger partial charge in [0.25, 0.3) is 17.5 Å². The lowest BCUT2D eigenvalue weighted by molar-refractivity contribution is -0.384. The minimum absolute atomic E-state index is 0.162. The summed E-state index contributed by atoms with van der Waals surface area (Å²) in [5.74, 6) is -2.21. The Kier molecular flexibility index (Phi) is 5.96. The Morgan fingerprint density at radius 2 is 2.07 bits per heavy atom. The van der Waals surface area contributed by atoms with E-state index >= 15 is 0 Å². The number of non-ortho nitro benzene ring substituents is 1. The van der Waals surface area contributed by atoms with Crippen LogP contribution in [0.5, 0.6) is 0 Å². The highest BCUT2D eigenvalue weighted by Gasteiger charge is 2.47. The van der Waals surface area contributed by atoms with E-state index in [1.54, 1.807) is 13.8 Å². The van der Waals surface area contributed by atoms with Gasteiger partial charge in [-0.3, -0.25) is 29.4 Å². The molecule has 0 aliphatic carbocycles. The second-order valence-electron chi connectivity index (χ2n) is 6.44. The summed E-state index contributed by atoms with van der Waals surface area (Å²) in [6.07, 6.45) is -0.893. The fraction of sp³-hybridized carbons (Fsp3) is 0.412. The number of ether oxygens (including phenoxy) is 1. The molecule has 1 heterocycles. The number of hydrogen-bond acceptors (Lipinski definition) is 7. The predicted molar refractivity (Wildman–Crippen MR) is 96.2 cm³/mol. The smallest absolute Gasteiger partial charge is 0.327 e. The summed E-state index contributed by atoms with van der Waals surface area (Å²) < 4.78 is 4.96. The summed E-state index contributed by atoms with van der Waals surface area (Å²) in [7, 11) is 0. The van der Waals surface area contributed by atoms with Crippen molar-refractivity contribution in [1.29, 1.82) is 0 Å². The van der Waals surface area contributed by atoms with Gasteiger partial charge in [-0.25, -0.2) is 4.79 Å². The Balaban J connectivity index is 1.94. The van der Waals surface area contributed by atoms with Crippen molar-refractivity contribution in [3.8, 4) is 0 Å². The lowest BCUT2D eigenvalue weighted by Crippen LogP contribution is -2.44. The minimum Gasteiger partial charge on any atom is -0.451 e. The van der Waals surface area contributed by atoms with Gasteiger partial charge in [-0.1, -0.05) is 13.0 Å². The topological polar surface area (TPSA) is 148 Å². The monoisotopic (exact) mass is 392 g/mol. The molecule has 11 heteroatoms. The molecule has 4 amide bonds. The molecular weight excluding hydrogens is 372 g/mol. The van der Waals surface area contributed by atoms with Crippen LogP contribution in [0.2, 0.25) is 0 Å². The first-order valence-corrected chi connectivity index (χ1v) is 8.46. The highest BCUT2D eigenvalue weighted by molar-refractivity contribution is 6.08. The molecule has 11 nitrogen and oxygen atoms in total. The Bertz CT molecular complexity index is 841. The fourth-order valence-electron chi connectivity index (χ4n) is 2.49. The SMILES string of the molecule is CCC1(C)NC(=O)N(CC(=O)OC(C)C(=O)Nc2cccc([N+](=O)[O-])c2)C1=O. The summed E-state index contributed by atoms with van der Waals surface area (Å²) in [5, 5.41) is 15.7. The van der Waals surface area contributed by atoms with Crippen molar-refractivity contribution >= 4 is 35.2 Å². The van der Waals surface area contributed by atoms with Crippen LogP contribution < -0.4 is 10.6 Å². The number of urea groups is 1. The molecule has 2 rings (SSSR count). The van der Waals surface area contributed by atoms with Gasteiger partial charge in [0.05, 0.1) is 4.92 Å². The van der Waals surface area contributed by atoms with Crippen molar-refractivity contribution in [3.63, 3.8) is 0 Å². The van der Waals surface area contributed by atoms with Crippen LogP contribution in [0, 0.1) is 10.1 Å². The number of rotatable bonds is 7. The van der Waals surface area contributed by atoms with Gasteiger partial charge in [0.1, 0.15) is 12.1 Å². The molecule has 0 bridgehead atoms. The number of nitro groups is 1. The maximum absolute atomic E-state index is 12.3. The molecule has 1 aliphatic rings. The van der Waals surface area contributed by atoms with Gasteiger partial charge in [-0.2, -0.15) is 0 Å². The molecule has 0 saturated carbocycles. The predicted octanol–water partition coefficient (Wildman–Crippen LogP) is 1.19. The van der Waals surface area contributed by atoms with Crippen LogP contribution >= 0.6 is 0 Å². The second kappa shape index (κ2) is 8.03. The van der Waals surface area contributed by atoms with Gasteiger partial charge in [-0.15, -0.1) is 0 Å². The maximum Gasteiger partial charge on any atom is 0.327 e. The van der Waals surface area contributed by atoms with E-state index in [1.165, 1.54) is 25.1 Å². The maximum atomic E-state index is 12.3. The lowest BCUT2D eigenvalue weighted by atomic mass is 9.99. The van der Waals surface area contributed by atoms with E-state index in [2.05, 4.69) is 10.6 Å². The first kappa shape index (κ1) is 20.8. The number of esters is 1. The number of hydrogen-bond donors (Lipinski definition) is 2. The molecule has 1 aliphatic heterocycles. The number of anilines is 1. The number of benzene rings is 1. The van der Waals surface area contributed by atoms with Crippen LogP contribution in [0.4, 0.5) is 16.2 Å². The lowest BCUT2D eigenvalue weighted by Gasteiger charge is -2.19. The number of imide groups is 1.